The number of hydrogen-bond donors (Lipinski definition) is 0. The fraction of sp³-hybridized carbons (Fsp3) is 0.481. The Morgan fingerprint density at radius 1 is 0.364 bits per heavy atom. The van der Waals surface area contributed by atoms with Crippen LogP contribution in [0.3, 0.4) is 0 Å². The van der Waals surface area contributed by atoms with Crippen LogP contribution in [-0.4, -0.2) is 81.5 Å². The molecular formula is C52H67N3O11. The zero-order chi connectivity index (χ0) is 46.4. The Balaban J connectivity index is 1.05. The van der Waals surface area contributed by atoms with Gasteiger partial charge in [0.25, 0.3) is 0 Å². The first-order valence-corrected chi connectivity index (χ1v) is 23.1. The van der Waals surface area contributed by atoms with Crippen molar-refractivity contribution in [3.8, 4) is 39.5 Å². The van der Waals surface area contributed by atoms with Gasteiger partial charge in [-0.3, -0.25) is 0 Å². The molecule has 3 heterocycles. The minimum Gasteiger partial charge on any atom is -0.493 e. The molecule has 3 aromatic heterocycles. The van der Waals surface area contributed by atoms with Crippen LogP contribution in [0, 0.1) is 41.5 Å². The van der Waals surface area contributed by atoms with Gasteiger partial charge in [0.05, 0.1) is 52.9 Å². The molecule has 0 amide bonds. The molecule has 0 saturated carbocycles. The molecule has 0 bridgehead atoms. The van der Waals surface area contributed by atoms with Crippen LogP contribution < -0.4 is 14.2 Å². The van der Waals surface area contributed by atoms with Crippen molar-refractivity contribution in [2.75, 3.05) is 66.1 Å². The highest BCUT2D eigenvalue weighted by molar-refractivity contribution is 5.83. The van der Waals surface area contributed by atoms with Gasteiger partial charge in [-0.05, 0) is 126 Å². The Labute approximate surface area is 389 Å². The summed E-state index contributed by atoms with van der Waals surface area (Å²) in [6.07, 6.45) is 5.53. The maximum absolute atomic E-state index is 6.61. The molecule has 0 aliphatic carbocycles. The van der Waals surface area contributed by atoms with Gasteiger partial charge in [-0.1, -0.05) is 39.6 Å². The molecule has 14 nitrogen and oxygen atoms in total. The van der Waals surface area contributed by atoms with Crippen LogP contribution in [0.15, 0.2) is 80.3 Å². The first-order valence-electron chi connectivity index (χ1n) is 23.1. The molecule has 0 aliphatic rings. The summed E-state index contributed by atoms with van der Waals surface area (Å²) < 4.78 is 63.6. The van der Waals surface area contributed by atoms with Gasteiger partial charge in [-0.2, -0.15) is 0 Å². The van der Waals surface area contributed by atoms with E-state index in [1.807, 2.05) is 45.0 Å². The summed E-state index contributed by atoms with van der Waals surface area (Å²) in [5, 5.41) is 11.9. The monoisotopic (exact) mass is 909 g/mol. The third kappa shape index (κ3) is 16.7. The molecule has 356 valence electrons. The Bertz CT molecular complexity index is 2330. The largest absolute Gasteiger partial charge is 0.493 e. The lowest BCUT2D eigenvalue weighted by Crippen LogP contribution is -2.10. The number of ether oxygens (including phenoxy) is 8. The highest BCUT2D eigenvalue weighted by Gasteiger charge is 2.18. The Hall–Kier alpha value is -5.51. The van der Waals surface area contributed by atoms with Gasteiger partial charge >= 0.3 is 0 Å². The van der Waals surface area contributed by atoms with Crippen LogP contribution in [0.25, 0.3) is 22.3 Å². The van der Waals surface area contributed by atoms with Crippen LogP contribution in [0.4, 0.5) is 0 Å². The average Bonchev–Trinajstić information content (AvgIpc) is 4.06. The third-order valence-corrected chi connectivity index (χ3v) is 10.6. The third-order valence-electron chi connectivity index (χ3n) is 10.6. The molecule has 0 fully saturated rings. The number of hydrogen-bond acceptors (Lipinski definition) is 14. The lowest BCUT2D eigenvalue weighted by atomic mass is 9.92. The van der Waals surface area contributed by atoms with Crippen molar-refractivity contribution >= 4 is 0 Å². The van der Waals surface area contributed by atoms with Crippen LogP contribution in [0.5, 0.6) is 17.2 Å². The molecule has 14 heteroatoms. The molecule has 66 heavy (non-hydrogen) atoms. The van der Waals surface area contributed by atoms with E-state index >= 15 is 0 Å². The first kappa shape index (κ1) is 49.9. The van der Waals surface area contributed by atoms with Gasteiger partial charge in [-0.25, -0.2) is 0 Å². The van der Waals surface area contributed by atoms with Gasteiger partial charge in [-0.15, -0.1) is 0 Å². The van der Waals surface area contributed by atoms with E-state index in [2.05, 4.69) is 78.7 Å². The van der Waals surface area contributed by atoms with Crippen molar-refractivity contribution in [2.24, 2.45) is 0 Å². The molecule has 3 aromatic carbocycles. The average molecular weight is 910 g/mol. The Kier molecular flexibility index (Phi) is 20.6. The van der Waals surface area contributed by atoms with Gasteiger partial charge in [0, 0.05) is 62.2 Å². The summed E-state index contributed by atoms with van der Waals surface area (Å²) in [7, 11) is 0. The van der Waals surface area contributed by atoms with Crippen molar-refractivity contribution in [3.05, 3.63) is 118 Å². The molecule has 0 spiro atoms. The van der Waals surface area contributed by atoms with E-state index in [9.17, 15) is 0 Å². The second-order valence-electron chi connectivity index (χ2n) is 16.5. The molecule has 6 rings (SSSR count). The molecule has 0 N–H and O–H groups in total. The van der Waals surface area contributed by atoms with Crippen molar-refractivity contribution in [1.29, 1.82) is 0 Å². The lowest BCUT2D eigenvalue weighted by Gasteiger charge is -2.20. The summed E-state index contributed by atoms with van der Waals surface area (Å²) >= 11 is 0. The maximum Gasteiger partial charge on any atom is 0.134 e. The van der Waals surface area contributed by atoms with E-state index < -0.39 is 0 Å². The molecule has 0 atom stereocenters. The predicted molar refractivity (Wildman–Crippen MR) is 250 cm³/mol. The Morgan fingerprint density at radius 2 is 0.864 bits per heavy atom. The van der Waals surface area contributed by atoms with E-state index in [4.69, 9.17) is 51.5 Å². The standard InChI is InChI=1S/C52H67N3O11/c1-37-13-16-51(62-21-10-8-7-9-17-58-34-43-29-40(4)64-53-43)49(27-37)48-33-52(63-26-25-57-18-11-20-59-35-44-30-41(5)65-54-44)50(28-39(48)3)47-32-46(15-14-38(47)2)61-22-12-19-56-23-24-60-36-45-31-42(6)66-55-45/h13-16,27-33H,7-12,17-26,34-36H2,1-6H3. The van der Waals surface area contributed by atoms with E-state index in [1.165, 1.54) is 0 Å². The van der Waals surface area contributed by atoms with Crippen LogP contribution in [-0.2, 0) is 43.5 Å². The van der Waals surface area contributed by atoms with Gasteiger partial charge < -0.3 is 51.5 Å². The number of rotatable bonds is 32. The van der Waals surface area contributed by atoms with Crippen molar-refractivity contribution < 1.29 is 51.5 Å². The SMILES string of the molecule is Cc1ccc(OCCCCCCOCc2cc(C)on2)c(-c2cc(OCCOCCCOCc3cc(C)on3)c(-c3cc(OCCCOCCOCc4cc(C)on4)ccc3C)cc2C)c1. The fourth-order valence-electron chi connectivity index (χ4n) is 7.25. The number of aromatic nitrogens is 3. The second kappa shape index (κ2) is 27.2. The van der Waals surface area contributed by atoms with Crippen LogP contribution >= 0.6 is 0 Å². The summed E-state index contributed by atoms with van der Waals surface area (Å²) in [5.41, 5.74) is 9.85. The van der Waals surface area contributed by atoms with E-state index in [-0.39, 0.29) is 0 Å². The molecule has 0 unspecified atom stereocenters. The van der Waals surface area contributed by atoms with Crippen molar-refractivity contribution in [2.45, 2.75) is 99.9 Å². The Morgan fingerprint density at radius 3 is 1.50 bits per heavy atom. The highest BCUT2D eigenvalue weighted by atomic mass is 16.5. The predicted octanol–water partition coefficient (Wildman–Crippen LogP) is 11.0. The molecular weight excluding hydrogens is 843 g/mol. The summed E-state index contributed by atoms with van der Waals surface area (Å²) in [5.74, 6) is 4.72. The zero-order valence-electron chi connectivity index (χ0n) is 39.6. The summed E-state index contributed by atoms with van der Waals surface area (Å²) in [4.78, 5) is 0. The van der Waals surface area contributed by atoms with Crippen molar-refractivity contribution in [3.63, 3.8) is 0 Å². The maximum atomic E-state index is 6.61. The fourth-order valence-corrected chi connectivity index (χ4v) is 7.25. The van der Waals surface area contributed by atoms with Gasteiger partial charge in [0.2, 0.25) is 0 Å². The first-order chi connectivity index (χ1) is 32.2. The topological polar surface area (TPSA) is 152 Å². The number of unbranched alkanes of at least 4 members (excludes halogenated alkanes) is 3. The van der Waals surface area contributed by atoms with E-state index in [1.54, 1.807) is 0 Å². The van der Waals surface area contributed by atoms with Crippen molar-refractivity contribution in [1.82, 2.24) is 15.5 Å². The summed E-state index contributed by atoms with van der Waals surface area (Å²) in [6, 6.07) is 22.6. The lowest BCUT2D eigenvalue weighted by molar-refractivity contribution is 0.0351. The molecule has 0 radical (unpaired) electrons. The van der Waals surface area contributed by atoms with Gasteiger partial charge in [0.15, 0.2) is 0 Å². The van der Waals surface area contributed by atoms with Crippen LogP contribution in [0.2, 0.25) is 0 Å². The normalized spacial score (nSPS) is 11.4. The summed E-state index contributed by atoms with van der Waals surface area (Å²) in [6.45, 7) is 18.5. The number of nitrogens with zero attached hydrogens (tertiary/aromatic N) is 3. The zero-order valence-corrected chi connectivity index (χ0v) is 39.6. The smallest absolute Gasteiger partial charge is 0.134 e. The minimum atomic E-state index is 0.372. The quantitative estimate of drug-likeness (QED) is 0.0369. The molecule has 6 aromatic rings. The van der Waals surface area contributed by atoms with E-state index in [0.717, 1.165) is 129 Å². The second-order valence-corrected chi connectivity index (χ2v) is 16.5. The molecule has 0 saturated heterocycles. The number of benzene rings is 3. The van der Waals surface area contributed by atoms with Gasteiger partial charge in [0.1, 0.15) is 58.2 Å². The van der Waals surface area contributed by atoms with Crippen LogP contribution in [0.1, 0.15) is 89.6 Å². The number of aryl methyl sites for hydroxylation is 6. The minimum absolute atomic E-state index is 0.372. The van der Waals surface area contributed by atoms with E-state index in [0.29, 0.717) is 85.9 Å². The highest BCUT2D eigenvalue weighted by Crippen LogP contribution is 2.42. The molecule has 0 aliphatic heterocycles.